The SMILES string of the molecule is CCCCCCCCCCNC(=O)CCCCC(NCc1ccccc1)NC(=O)O. The first-order valence-corrected chi connectivity index (χ1v) is 11.6. The van der Waals surface area contributed by atoms with E-state index in [0.717, 1.165) is 31.4 Å². The third kappa shape index (κ3) is 14.9. The minimum atomic E-state index is -1.04. The normalized spacial score (nSPS) is 11.8. The highest BCUT2D eigenvalue weighted by atomic mass is 16.4. The van der Waals surface area contributed by atoms with Gasteiger partial charge in [-0.15, -0.1) is 0 Å². The Morgan fingerprint density at radius 2 is 1.57 bits per heavy atom. The number of carbonyl (C=O) groups excluding carboxylic acids is 1. The van der Waals surface area contributed by atoms with Crippen LogP contribution in [-0.2, 0) is 11.3 Å². The molecule has 6 heteroatoms. The Labute approximate surface area is 182 Å². The van der Waals surface area contributed by atoms with Crippen molar-refractivity contribution < 1.29 is 14.7 Å². The van der Waals surface area contributed by atoms with Gasteiger partial charge in [0.2, 0.25) is 5.91 Å². The third-order valence-electron chi connectivity index (χ3n) is 5.19. The monoisotopic (exact) mass is 419 g/mol. The summed E-state index contributed by atoms with van der Waals surface area (Å²) in [5, 5.41) is 17.8. The molecule has 0 aliphatic heterocycles. The average molecular weight is 420 g/mol. The van der Waals surface area contributed by atoms with E-state index in [9.17, 15) is 9.59 Å². The van der Waals surface area contributed by atoms with Crippen LogP contribution in [0.15, 0.2) is 30.3 Å². The largest absolute Gasteiger partial charge is 0.465 e. The molecule has 0 heterocycles. The molecular weight excluding hydrogens is 378 g/mol. The Morgan fingerprint density at radius 3 is 2.23 bits per heavy atom. The Bertz CT molecular complexity index is 566. The first kappa shape index (κ1) is 26.0. The zero-order chi connectivity index (χ0) is 21.9. The molecule has 30 heavy (non-hydrogen) atoms. The van der Waals surface area contributed by atoms with Crippen LogP contribution in [0.4, 0.5) is 4.79 Å². The first-order chi connectivity index (χ1) is 14.6. The molecular formula is C24H41N3O3. The second-order valence-electron chi connectivity index (χ2n) is 7.94. The van der Waals surface area contributed by atoms with E-state index in [1.54, 1.807) is 0 Å². The number of hydrogen-bond acceptors (Lipinski definition) is 3. The molecule has 1 aromatic carbocycles. The number of benzene rings is 1. The van der Waals surface area contributed by atoms with Crippen molar-refractivity contribution in [3.05, 3.63) is 35.9 Å². The smallest absolute Gasteiger partial charge is 0.405 e. The summed E-state index contributed by atoms with van der Waals surface area (Å²) in [6.07, 6.45) is 11.4. The molecule has 1 atom stereocenters. The van der Waals surface area contributed by atoms with Gasteiger partial charge in [0.1, 0.15) is 0 Å². The minimum Gasteiger partial charge on any atom is -0.465 e. The molecule has 1 unspecified atom stereocenters. The van der Waals surface area contributed by atoms with Crippen LogP contribution in [0.5, 0.6) is 0 Å². The van der Waals surface area contributed by atoms with E-state index in [4.69, 9.17) is 5.11 Å². The fraction of sp³-hybridized carbons (Fsp3) is 0.667. The Balaban J connectivity index is 2.06. The topological polar surface area (TPSA) is 90.5 Å². The molecule has 1 rings (SSSR count). The summed E-state index contributed by atoms with van der Waals surface area (Å²) < 4.78 is 0. The maximum absolute atomic E-state index is 11.9. The van der Waals surface area contributed by atoms with E-state index in [1.165, 1.54) is 44.9 Å². The molecule has 0 aromatic heterocycles. The quantitative estimate of drug-likeness (QED) is 0.195. The van der Waals surface area contributed by atoms with Gasteiger partial charge < -0.3 is 15.7 Å². The van der Waals surface area contributed by atoms with Crippen molar-refractivity contribution in [3.8, 4) is 0 Å². The zero-order valence-corrected chi connectivity index (χ0v) is 18.6. The molecule has 0 saturated carbocycles. The second kappa shape index (κ2) is 17.8. The number of carbonyl (C=O) groups is 2. The zero-order valence-electron chi connectivity index (χ0n) is 18.6. The molecule has 170 valence electrons. The van der Waals surface area contributed by atoms with Gasteiger partial charge in [-0.2, -0.15) is 0 Å². The summed E-state index contributed by atoms with van der Waals surface area (Å²) in [7, 11) is 0. The van der Waals surface area contributed by atoms with Crippen molar-refractivity contribution in [2.45, 2.75) is 96.7 Å². The van der Waals surface area contributed by atoms with Gasteiger partial charge >= 0.3 is 6.09 Å². The van der Waals surface area contributed by atoms with Crippen LogP contribution < -0.4 is 16.0 Å². The van der Waals surface area contributed by atoms with E-state index < -0.39 is 6.09 Å². The van der Waals surface area contributed by atoms with Crippen LogP contribution in [0, 0.1) is 0 Å². The average Bonchev–Trinajstić information content (AvgIpc) is 2.74. The van der Waals surface area contributed by atoms with Crippen molar-refractivity contribution in [1.29, 1.82) is 0 Å². The standard InChI is InChI=1S/C24H41N3O3/c1-2-3-4-5-6-7-8-14-19-25-23(28)18-13-12-17-22(27-24(29)30)26-20-21-15-10-9-11-16-21/h9-11,15-16,22,26-27H,2-8,12-14,17-20H2,1H3,(H,25,28)(H,29,30). The van der Waals surface area contributed by atoms with Crippen LogP contribution in [0.3, 0.4) is 0 Å². The Morgan fingerprint density at radius 1 is 0.900 bits per heavy atom. The lowest BCUT2D eigenvalue weighted by Crippen LogP contribution is -2.44. The van der Waals surface area contributed by atoms with E-state index >= 15 is 0 Å². The highest BCUT2D eigenvalue weighted by Gasteiger charge is 2.11. The molecule has 1 aromatic rings. The maximum Gasteiger partial charge on any atom is 0.405 e. The lowest BCUT2D eigenvalue weighted by atomic mass is 10.1. The van der Waals surface area contributed by atoms with Gasteiger partial charge in [-0.25, -0.2) is 4.79 Å². The highest BCUT2D eigenvalue weighted by molar-refractivity contribution is 5.75. The molecule has 6 nitrogen and oxygen atoms in total. The molecule has 2 amide bonds. The number of rotatable bonds is 18. The van der Waals surface area contributed by atoms with Crippen LogP contribution in [-0.4, -0.2) is 29.8 Å². The maximum atomic E-state index is 11.9. The van der Waals surface area contributed by atoms with Gasteiger partial charge in [0, 0.05) is 19.5 Å². The molecule has 4 N–H and O–H groups in total. The highest BCUT2D eigenvalue weighted by Crippen LogP contribution is 2.08. The fourth-order valence-electron chi connectivity index (χ4n) is 3.42. The van der Waals surface area contributed by atoms with Gasteiger partial charge in [-0.05, 0) is 31.2 Å². The van der Waals surface area contributed by atoms with Crippen LogP contribution >= 0.6 is 0 Å². The number of nitrogens with one attached hydrogen (secondary N) is 3. The number of amides is 2. The van der Waals surface area contributed by atoms with Gasteiger partial charge in [0.25, 0.3) is 0 Å². The Hall–Kier alpha value is -2.08. The summed E-state index contributed by atoms with van der Waals surface area (Å²) in [6.45, 7) is 3.59. The summed E-state index contributed by atoms with van der Waals surface area (Å²) in [5.41, 5.74) is 1.11. The second-order valence-corrected chi connectivity index (χ2v) is 7.94. The molecule has 0 fully saturated rings. The van der Waals surface area contributed by atoms with Crippen molar-refractivity contribution in [2.75, 3.05) is 6.54 Å². The van der Waals surface area contributed by atoms with Crippen LogP contribution in [0.2, 0.25) is 0 Å². The molecule has 0 aliphatic rings. The van der Waals surface area contributed by atoms with Crippen molar-refractivity contribution >= 4 is 12.0 Å². The predicted octanol–water partition coefficient (Wildman–Crippen LogP) is 5.19. The van der Waals surface area contributed by atoms with Gasteiger partial charge in [-0.3, -0.25) is 10.1 Å². The third-order valence-corrected chi connectivity index (χ3v) is 5.19. The predicted molar refractivity (Wildman–Crippen MR) is 122 cm³/mol. The Kier molecular flexibility index (Phi) is 15.4. The lowest BCUT2D eigenvalue weighted by molar-refractivity contribution is -0.121. The van der Waals surface area contributed by atoms with Gasteiger partial charge in [0.15, 0.2) is 0 Å². The molecule has 0 bridgehead atoms. The van der Waals surface area contributed by atoms with E-state index in [2.05, 4.69) is 22.9 Å². The van der Waals surface area contributed by atoms with E-state index in [-0.39, 0.29) is 12.1 Å². The van der Waals surface area contributed by atoms with Gasteiger partial charge in [-0.1, -0.05) is 82.2 Å². The molecule has 0 saturated heterocycles. The van der Waals surface area contributed by atoms with Crippen molar-refractivity contribution in [1.82, 2.24) is 16.0 Å². The van der Waals surface area contributed by atoms with E-state index in [1.807, 2.05) is 30.3 Å². The van der Waals surface area contributed by atoms with Crippen molar-refractivity contribution in [2.24, 2.45) is 0 Å². The van der Waals surface area contributed by atoms with Crippen molar-refractivity contribution in [3.63, 3.8) is 0 Å². The molecule has 0 aliphatic carbocycles. The molecule has 0 radical (unpaired) electrons. The number of unbranched alkanes of at least 4 members (excludes halogenated alkanes) is 8. The molecule has 0 spiro atoms. The van der Waals surface area contributed by atoms with Gasteiger partial charge in [0.05, 0.1) is 6.17 Å². The number of carboxylic acid groups (broad SMARTS) is 1. The summed E-state index contributed by atoms with van der Waals surface area (Å²) in [5.74, 6) is 0.0953. The van der Waals surface area contributed by atoms with Crippen LogP contribution in [0.25, 0.3) is 0 Å². The fourth-order valence-corrected chi connectivity index (χ4v) is 3.42. The summed E-state index contributed by atoms with van der Waals surface area (Å²) in [4.78, 5) is 23.0. The minimum absolute atomic E-state index is 0.0953. The number of hydrogen-bond donors (Lipinski definition) is 4. The summed E-state index contributed by atoms with van der Waals surface area (Å²) in [6, 6.07) is 9.88. The van der Waals surface area contributed by atoms with E-state index in [0.29, 0.717) is 19.4 Å². The van der Waals surface area contributed by atoms with Crippen LogP contribution in [0.1, 0.15) is 89.5 Å². The lowest BCUT2D eigenvalue weighted by Gasteiger charge is -2.18. The first-order valence-electron chi connectivity index (χ1n) is 11.6. The summed E-state index contributed by atoms with van der Waals surface area (Å²) >= 11 is 0.